The molecule has 0 bridgehead atoms. The molecule has 33 heavy (non-hydrogen) atoms. The van der Waals surface area contributed by atoms with Crippen LogP contribution in [0, 0.1) is 0 Å². The number of hydrogen-bond acceptors (Lipinski definition) is 5. The third-order valence-corrected chi connectivity index (χ3v) is 7.35. The molecule has 9 heteroatoms. The van der Waals surface area contributed by atoms with Gasteiger partial charge in [-0.3, -0.25) is 9.29 Å². The van der Waals surface area contributed by atoms with E-state index in [1.54, 1.807) is 54.6 Å². The van der Waals surface area contributed by atoms with Gasteiger partial charge in [-0.25, -0.2) is 13.2 Å². The number of hydrogen-bond donors (Lipinski definition) is 1. The number of methoxy groups -OCH3 is 1. The largest absolute Gasteiger partial charge is 0.497 e. The summed E-state index contributed by atoms with van der Waals surface area (Å²) in [6.07, 6.45) is 1.19. The molecule has 4 rings (SSSR count). The molecule has 0 radical (unpaired) electrons. The number of ether oxygens (including phenoxy) is 1. The van der Waals surface area contributed by atoms with Crippen LogP contribution in [0.2, 0.25) is 0 Å². The molecule has 0 spiro atoms. The molecule has 1 heterocycles. The molecule has 4 aromatic rings. The van der Waals surface area contributed by atoms with Gasteiger partial charge in [0.25, 0.3) is 10.0 Å². The van der Waals surface area contributed by atoms with E-state index >= 15 is 0 Å². The predicted octanol–water partition coefficient (Wildman–Crippen LogP) is 5.10. The van der Waals surface area contributed by atoms with Crippen molar-refractivity contribution in [2.24, 2.45) is 0 Å². The molecule has 0 aliphatic rings. The second-order valence-electron chi connectivity index (χ2n) is 7.16. The number of carboxylic acids is 1. The van der Waals surface area contributed by atoms with Crippen LogP contribution in [0.4, 0.5) is 5.69 Å². The topological polar surface area (TPSA) is 96.8 Å². The SMILES string of the molecule is COc1ccc(S(=O)(=O)N(Cc2ccccc2)c2c(C(=O)O)cnc3ccc(Br)cc23)cc1. The maximum atomic E-state index is 13.9. The van der Waals surface area contributed by atoms with Crippen LogP contribution in [0.3, 0.4) is 0 Å². The van der Waals surface area contributed by atoms with Crippen LogP contribution >= 0.6 is 15.9 Å². The minimum atomic E-state index is -4.17. The highest BCUT2D eigenvalue weighted by Crippen LogP contribution is 2.36. The zero-order valence-electron chi connectivity index (χ0n) is 17.5. The van der Waals surface area contributed by atoms with Crippen LogP contribution < -0.4 is 9.04 Å². The molecule has 7 nitrogen and oxygen atoms in total. The lowest BCUT2D eigenvalue weighted by Crippen LogP contribution is -2.32. The van der Waals surface area contributed by atoms with Crippen LogP contribution in [0.1, 0.15) is 15.9 Å². The summed E-state index contributed by atoms with van der Waals surface area (Å²) in [6, 6.07) is 20.1. The first-order valence-corrected chi connectivity index (χ1v) is 12.1. The van der Waals surface area contributed by atoms with E-state index < -0.39 is 16.0 Å². The zero-order chi connectivity index (χ0) is 23.6. The van der Waals surface area contributed by atoms with Gasteiger partial charge in [-0.1, -0.05) is 46.3 Å². The van der Waals surface area contributed by atoms with Crippen molar-refractivity contribution in [2.45, 2.75) is 11.4 Å². The van der Waals surface area contributed by atoms with Gasteiger partial charge in [-0.15, -0.1) is 0 Å². The number of nitrogens with zero attached hydrogens (tertiary/aromatic N) is 2. The van der Waals surface area contributed by atoms with Crippen molar-refractivity contribution in [3.05, 3.63) is 94.6 Å². The number of carboxylic acid groups (broad SMARTS) is 1. The fraction of sp³-hybridized carbons (Fsp3) is 0.0833. The van der Waals surface area contributed by atoms with Crippen molar-refractivity contribution in [2.75, 3.05) is 11.4 Å². The molecule has 0 fully saturated rings. The summed E-state index contributed by atoms with van der Waals surface area (Å²) in [5.41, 5.74) is 1.01. The highest BCUT2D eigenvalue weighted by atomic mass is 79.9. The van der Waals surface area contributed by atoms with E-state index in [4.69, 9.17) is 4.74 Å². The summed E-state index contributed by atoms with van der Waals surface area (Å²) in [4.78, 5) is 16.4. The number of fused-ring (bicyclic) bond motifs is 1. The van der Waals surface area contributed by atoms with Crippen molar-refractivity contribution in [1.82, 2.24) is 4.98 Å². The van der Waals surface area contributed by atoms with Crippen molar-refractivity contribution < 1.29 is 23.1 Å². The summed E-state index contributed by atoms with van der Waals surface area (Å²) >= 11 is 3.40. The first-order chi connectivity index (χ1) is 15.8. The van der Waals surface area contributed by atoms with E-state index in [1.165, 1.54) is 25.4 Å². The molecule has 0 atom stereocenters. The quantitative estimate of drug-likeness (QED) is 0.359. The van der Waals surface area contributed by atoms with Crippen LogP contribution in [0.5, 0.6) is 5.75 Å². The minimum absolute atomic E-state index is 0.00975. The zero-order valence-corrected chi connectivity index (χ0v) is 19.9. The summed E-state index contributed by atoms with van der Waals surface area (Å²) in [7, 11) is -2.67. The Balaban J connectivity index is 2.01. The number of aromatic carboxylic acids is 1. The second kappa shape index (κ2) is 9.21. The van der Waals surface area contributed by atoms with E-state index in [0.717, 1.165) is 4.31 Å². The lowest BCUT2D eigenvalue weighted by atomic mass is 10.1. The normalized spacial score (nSPS) is 11.3. The number of benzene rings is 3. The maximum Gasteiger partial charge on any atom is 0.339 e. The molecule has 0 amide bonds. The van der Waals surface area contributed by atoms with E-state index in [2.05, 4.69) is 20.9 Å². The summed E-state index contributed by atoms with van der Waals surface area (Å²) in [6.45, 7) is -0.0683. The van der Waals surface area contributed by atoms with Gasteiger partial charge in [-0.2, -0.15) is 0 Å². The number of rotatable bonds is 7. The van der Waals surface area contributed by atoms with Gasteiger partial charge >= 0.3 is 5.97 Å². The average Bonchev–Trinajstić information content (AvgIpc) is 2.82. The molecule has 0 aliphatic heterocycles. The van der Waals surface area contributed by atoms with Crippen LogP contribution in [-0.2, 0) is 16.6 Å². The summed E-state index contributed by atoms with van der Waals surface area (Å²) in [5.74, 6) is -0.768. The Kier molecular flexibility index (Phi) is 6.35. The highest BCUT2D eigenvalue weighted by Gasteiger charge is 2.31. The van der Waals surface area contributed by atoms with E-state index in [0.29, 0.717) is 26.7 Å². The molecule has 1 aromatic heterocycles. The Morgan fingerprint density at radius 3 is 2.39 bits per heavy atom. The Morgan fingerprint density at radius 1 is 1.06 bits per heavy atom. The number of sulfonamides is 1. The first kappa shape index (κ1) is 22.8. The molecule has 168 valence electrons. The van der Waals surface area contributed by atoms with Crippen LogP contribution in [0.25, 0.3) is 10.9 Å². The van der Waals surface area contributed by atoms with Gasteiger partial charge in [0.1, 0.15) is 11.3 Å². The Morgan fingerprint density at radius 2 is 1.76 bits per heavy atom. The van der Waals surface area contributed by atoms with Gasteiger partial charge in [0.2, 0.25) is 0 Å². The fourth-order valence-electron chi connectivity index (χ4n) is 3.48. The standard InChI is InChI=1S/C24H19BrN2O5S/c1-32-18-8-10-19(11-9-18)33(30,31)27(15-16-5-3-2-4-6-16)23-20-13-17(25)7-12-22(20)26-14-21(23)24(28)29/h2-14H,15H2,1H3,(H,28,29). The Labute approximate surface area is 199 Å². The Hall–Kier alpha value is -3.43. The second-order valence-corrected chi connectivity index (χ2v) is 9.94. The smallest absolute Gasteiger partial charge is 0.339 e. The van der Waals surface area contributed by atoms with E-state index in [1.807, 2.05) is 6.07 Å². The van der Waals surface area contributed by atoms with Crippen LogP contribution in [-0.4, -0.2) is 31.6 Å². The number of carbonyl (C=O) groups is 1. The maximum absolute atomic E-state index is 13.9. The molecular weight excluding hydrogens is 508 g/mol. The molecule has 0 saturated carbocycles. The van der Waals surface area contributed by atoms with Gasteiger partial charge in [0.05, 0.1) is 29.8 Å². The monoisotopic (exact) mass is 526 g/mol. The van der Waals surface area contributed by atoms with Gasteiger partial charge < -0.3 is 9.84 Å². The molecule has 0 unspecified atom stereocenters. The number of aromatic nitrogens is 1. The van der Waals surface area contributed by atoms with Gasteiger partial charge in [0.15, 0.2) is 0 Å². The molecule has 1 N–H and O–H groups in total. The number of pyridine rings is 1. The lowest BCUT2D eigenvalue weighted by Gasteiger charge is -2.27. The first-order valence-electron chi connectivity index (χ1n) is 9.83. The van der Waals surface area contributed by atoms with E-state index in [-0.39, 0.29) is 22.7 Å². The summed E-state index contributed by atoms with van der Waals surface area (Å²) in [5, 5.41) is 10.3. The third kappa shape index (κ3) is 4.55. The Bertz CT molecular complexity index is 1420. The molecular formula is C24H19BrN2O5S. The average molecular weight is 527 g/mol. The lowest BCUT2D eigenvalue weighted by molar-refractivity contribution is 0.0697. The predicted molar refractivity (Wildman–Crippen MR) is 129 cm³/mol. The number of halogens is 1. The van der Waals surface area contributed by atoms with Crippen molar-refractivity contribution in [3.63, 3.8) is 0 Å². The third-order valence-electron chi connectivity index (χ3n) is 5.10. The highest BCUT2D eigenvalue weighted by molar-refractivity contribution is 9.10. The van der Waals surface area contributed by atoms with Gasteiger partial charge in [0, 0.05) is 16.1 Å². The van der Waals surface area contributed by atoms with Crippen LogP contribution in [0.15, 0.2) is 88.4 Å². The molecule has 3 aromatic carbocycles. The van der Waals surface area contributed by atoms with Gasteiger partial charge in [-0.05, 0) is 48.0 Å². The molecule has 0 aliphatic carbocycles. The van der Waals surface area contributed by atoms with E-state index in [9.17, 15) is 18.3 Å². The van der Waals surface area contributed by atoms with Crippen molar-refractivity contribution in [3.8, 4) is 5.75 Å². The summed E-state index contributed by atoms with van der Waals surface area (Å²) < 4.78 is 34.7. The minimum Gasteiger partial charge on any atom is -0.497 e. The number of anilines is 1. The van der Waals surface area contributed by atoms with Crippen molar-refractivity contribution >= 4 is 48.5 Å². The molecule has 0 saturated heterocycles. The van der Waals surface area contributed by atoms with Crippen molar-refractivity contribution in [1.29, 1.82) is 0 Å². The fourth-order valence-corrected chi connectivity index (χ4v) is 5.34.